The summed E-state index contributed by atoms with van der Waals surface area (Å²) in [7, 11) is 0. The molecule has 1 aliphatic rings. The Hall–Kier alpha value is -3.15. The minimum absolute atomic E-state index is 0.332. The average molecular weight is 393 g/mol. The molecule has 0 saturated carbocycles. The van der Waals surface area contributed by atoms with Crippen molar-refractivity contribution in [3.8, 4) is 0 Å². The lowest BCUT2D eigenvalue weighted by atomic mass is 9.91. The van der Waals surface area contributed by atoms with Crippen LogP contribution < -0.4 is 10.6 Å². The topological polar surface area (TPSA) is 78.5 Å². The molecule has 6 nitrogen and oxygen atoms in total. The number of rotatable bonds is 6. The maximum atomic E-state index is 13.0. The van der Waals surface area contributed by atoms with Gasteiger partial charge in [0.15, 0.2) is 0 Å². The molecule has 6 heteroatoms. The Balaban J connectivity index is 1.73. The summed E-state index contributed by atoms with van der Waals surface area (Å²) in [6.45, 7) is 7.33. The van der Waals surface area contributed by atoms with Gasteiger partial charge in [0.05, 0.1) is 0 Å². The van der Waals surface area contributed by atoms with Gasteiger partial charge in [0, 0.05) is 5.69 Å². The van der Waals surface area contributed by atoms with E-state index < -0.39 is 23.4 Å². The van der Waals surface area contributed by atoms with Crippen molar-refractivity contribution in [2.24, 2.45) is 0 Å². The molecule has 4 amide bonds. The van der Waals surface area contributed by atoms with Crippen LogP contribution in [0.5, 0.6) is 0 Å². The van der Waals surface area contributed by atoms with E-state index in [1.807, 2.05) is 56.3 Å². The van der Waals surface area contributed by atoms with Crippen LogP contribution in [0.4, 0.5) is 10.5 Å². The Bertz CT molecular complexity index is 932. The second kappa shape index (κ2) is 8.07. The molecule has 0 aromatic heterocycles. The number of imide groups is 1. The fraction of sp³-hybridized carbons (Fsp3) is 0.348. The highest BCUT2D eigenvalue weighted by molar-refractivity contribution is 6.10. The molecule has 0 unspecified atom stereocenters. The summed E-state index contributed by atoms with van der Waals surface area (Å²) < 4.78 is 0. The lowest BCUT2D eigenvalue weighted by Gasteiger charge is -2.22. The van der Waals surface area contributed by atoms with Gasteiger partial charge in [-0.15, -0.1) is 0 Å². The summed E-state index contributed by atoms with van der Waals surface area (Å²) in [4.78, 5) is 38.9. The van der Waals surface area contributed by atoms with Crippen LogP contribution in [0, 0.1) is 13.8 Å². The van der Waals surface area contributed by atoms with Crippen molar-refractivity contribution in [2.45, 2.75) is 46.1 Å². The second-order valence-electron chi connectivity index (χ2n) is 7.82. The molecule has 1 fully saturated rings. The first kappa shape index (κ1) is 20.6. The Labute approximate surface area is 171 Å². The third-order valence-corrected chi connectivity index (χ3v) is 5.15. The number of carbonyl (C=O) groups is 3. The maximum Gasteiger partial charge on any atom is 0.325 e. The highest BCUT2D eigenvalue weighted by atomic mass is 16.2. The van der Waals surface area contributed by atoms with E-state index in [4.69, 9.17) is 0 Å². The third-order valence-electron chi connectivity index (χ3n) is 5.15. The predicted molar refractivity (Wildman–Crippen MR) is 113 cm³/mol. The van der Waals surface area contributed by atoms with Crippen molar-refractivity contribution in [1.82, 2.24) is 10.2 Å². The summed E-state index contributed by atoms with van der Waals surface area (Å²) in [6.07, 6.45) is 2.00. The molecule has 1 atom stereocenters. The van der Waals surface area contributed by atoms with E-state index in [9.17, 15) is 14.4 Å². The molecule has 0 radical (unpaired) electrons. The maximum absolute atomic E-state index is 13.0. The normalized spacial score (nSPS) is 18.7. The van der Waals surface area contributed by atoms with E-state index in [1.54, 1.807) is 6.92 Å². The van der Waals surface area contributed by atoms with Crippen molar-refractivity contribution in [1.29, 1.82) is 0 Å². The van der Waals surface area contributed by atoms with Crippen LogP contribution in [-0.4, -0.2) is 29.3 Å². The molecule has 2 aromatic rings. The Morgan fingerprint density at radius 1 is 1.07 bits per heavy atom. The molecule has 1 aliphatic heterocycles. The van der Waals surface area contributed by atoms with Crippen LogP contribution in [0.3, 0.4) is 0 Å². The number of amides is 4. The molecule has 2 N–H and O–H groups in total. The molecule has 0 aliphatic carbocycles. The number of urea groups is 1. The van der Waals surface area contributed by atoms with Crippen molar-refractivity contribution in [2.75, 3.05) is 11.9 Å². The van der Waals surface area contributed by atoms with E-state index in [0.29, 0.717) is 11.3 Å². The van der Waals surface area contributed by atoms with Gasteiger partial charge in [-0.1, -0.05) is 43.7 Å². The Morgan fingerprint density at radius 2 is 1.69 bits per heavy atom. The molecule has 2 aromatic carbocycles. The van der Waals surface area contributed by atoms with Crippen molar-refractivity contribution in [3.05, 3.63) is 64.7 Å². The standard InChI is InChI=1S/C23H27N3O3/c1-5-6-17-7-9-18(10-8-17)23(4)21(28)26(22(29)25-23)14-20(27)24-19-12-15(2)11-16(3)13-19/h7-13H,5-6,14H2,1-4H3,(H,24,27)(H,25,29)/t23-/m0/s1. The van der Waals surface area contributed by atoms with Crippen LogP contribution in [0.2, 0.25) is 0 Å². The minimum atomic E-state index is -1.18. The predicted octanol–water partition coefficient (Wildman–Crippen LogP) is 3.66. The zero-order valence-corrected chi connectivity index (χ0v) is 17.3. The van der Waals surface area contributed by atoms with Gasteiger partial charge in [-0.25, -0.2) is 4.79 Å². The molecular weight excluding hydrogens is 366 g/mol. The van der Waals surface area contributed by atoms with E-state index in [1.165, 1.54) is 5.56 Å². The van der Waals surface area contributed by atoms with Gasteiger partial charge in [0.2, 0.25) is 5.91 Å². The van der Waals surface area contributed by atoms with Crippen LogP contribution in [0.25, 0.3) is 0 Å². The number of hydrogen-bond donors (Lipinski definition) is 2. The van der Waals surface area contributed by atoms with Crippen LogP contribution in [-0.2, 0) is 21.5 Å². The average Bonchev–Trinajstić information content (AvgIpc) is 2.86. The Kier molecular flexibility index (Phi) is 5.73. The second-order valence-corrected chi connectivity index (χ2v) is 7.82. The van der Waals surface area contributed by atoms with E-state index >= 15 is 0 Å². The summed E-state index contributed by atoms with van der Waals surface area (Å²) in [6, 6.07) is 12.8. The summed E-state index contributed by atoms with van der Waals surface area (Å²) in [5, 5.41) is 5.51. The number of nitrogens with zero attached hydrogens (tertiary/aromatic N) is 1. The third kappa shape index (κ3) is 4.31. The number of nitrogens with one attached hydrogen (secondary N) is 2. The molecule has 1 saturated heterocycles. The van der Waals surface area contributed by atoms with Crippen LogP contribution >= 0.6 is 0 Å². The van der Waals surface area contributed by atoms with Gasteiger partial charge in [-0.2, -0.15) is 0 Å². The number of anilines is 1. The van der Waals surface area contributed by atoms with Crippen LogP contribution in [0.15, 0.2) is 42.5 Å². The number of carbonyl (C=O) groups excluding carboxylic acids is 3. The smallest absolute Gasteiger partial charge is 0.325 e. The molecular formula is C23H27N3O3. The lowest BCUT2D eigenvalue weighted by molar-refractivity contribution is -0.133. The van der Waals surface area contributed by atoms with Crippen molar-refractivity contribution in [3.63, 3.8) is 0 Å². The number of hydrogen-bond acceptors (Lipinski definition) is 3. The molecule has 0 bridgehead atoms. The number of aryl methyl sites for hydroxylation is 3. The highest BCUT2D eigenvalue weighted by Gasteiger charge is 2.49. The van der Waals surface area contributed by atoms with Gasteiger partial charge in [-0.05, 0) is 61.6 Å². The van der Waals surface area contributed by atoms with Gasteiger partial charge in [-0.3, -0.25) is 14.5 Å². The Morgan fingerprint density at radius 3 is 2.28 bits per heavy atom. The first-order chi connectivity index (χ1) is 13.7. The summed E-state index contributed by atoms with van der Waals surface area (Å²) in [5.41, 5.74) is 3.40. The van der Waals surface area contributed by atoms with Gasteiger partial charge >= 0.3 is 6.03 Å². The van der Waals surface area contributed by atoms with E-state index in [-0.39, 0.29) is 6.54 Å². The fourth-order valence-electron chi connectivity index (χ4n) is 3.72. The lowest BCUT2D eigenvalue weighted by Crippen LogP contribution is -2.42. The molecule has 1 heterocycles. The molecule has 29 heavy (non-hydrogen) atoms. The molecule has 0 spiro atoms. The summed E-state index contributed by atoms with van der Waals surface area (Å²) in [5.74, 6) is -0.845. The van der Waals surface area contributed by atoms with Gasteiger partial charge < -0.3 is 10.6 Å². The fourth-order valence-corrected chi connectivity index (χ4v) is 3.72. The van der Waals surface area contributed by atoms with Crippen LogP contribution in [0.1, 0.15) is 42.5 Å². The number of benzene rings is 2. The first-order valence-electron chi connectivity index (χ1n) is 9.84. The highest BCUT2D eigenvalue weighted by Crippen LogP contribution is 2.29. The van der Waals surface area contributed by atoms with E-state index in [2.05, 4.69) is 17.6 Å². The zero-order chi connectivity index (χ0) is 21.2. The van der Waals surface area contributed by atoms with Gasteiger partial charge in [0.1, 0.15) is 12.1 Å². The minimum Gasteiger partial charge on any atom is -0.325 e. The van der Waals surface area contributed by atoms with E-state index in [0.717, 1.165) is 28.9 Å². The quantitative estimate of drug-likeness (QED) is 0.735. The monoisotopic (exact) mass is 393 g/mol. The zero-order valence-electron chi connectivity index (χ0n) is 17.3. The SMILES string of the molecule is CCCc1ccc([C@]2(C)NC(=O)N(CC(=O)Nc3cc(C)cc(C)c3)C2=O)cc1. The molecule has 152 valence electrons. The molecule has 3 rings (SSSR count). The van der Waals surface area contributed by atoms with Crippen molar-refractivity contribution < 1.29 is 14.4 Å². The van der Waals surface area contributed by atoms with Gasteiger partial charge in [0.25, 0.3) is 5.91 Å². The van der Waals surface area contributed by atoms with Crippen molar-refractivity contribution >= 4 is 23.5 Å². The first-order valence-corrected chi connectivity index (χ1v) is 9.84. The largest absolute Gasteiger partial charge is 0.325 e. The summed E-state index contributed by atoms with van der Waals surface area (Å²) >= 11 is 0.